The van der Waals surface area contributed by atoms with E-state index in [4.69, 9.17) is 0 Å². The molecule has 0 spiro atoms. The van der Waals surface area contributed by atoms with Crippen LogP contribution < -0.4 is 0 Å². The molecule has 19 heavy (non-hydrogen) atoms. The van der Waals surface area contributed by atoms with Crippen LogP contribution in [0.1, 0.15) is 23.7 Å². The SMILES string of the molecule is CCn1cc(Cc2cn(C)nc2I)c(C(F)(F)F)n1. The molecular weight excluding hydrogens is 372 g/mol. The zero-order valence-corrected chi connectivity index (χ0v) is 12.5. The number of aryl methyl sites for hydroxylation is 2. The summed E-state index contributed by atoms with van der Waals surface area (Å²) in [7, 11) is 1.74. The van der Waals surface area contributed by atoms with Crippen molar-refractivity contribution in [1.82, 2.24) is 19.6 Å². The van der Waals surface area contributed by atoms with Crippen LogP contribution in [-0.2, 0) is 26.2 Å². The van der Waals surface area contributed by atoms with E-state index in [0.717, 1.165) is 5.56 Å². The predicted molar refractivity (Wildman–Crippen MR) is 71.6 cm³/mol. The van der Waals surface area contributed by atoms with E-state index in [1.807, 2.05) is 22.6 Å². The second-order valence-electron chi connectivity index (χ2n) is 4.15. The Kier molecular flexibility index (Phi) is 3.88. The highest BCUT2D eigenvalue weighted by molar-refractivity contribution is 14.1. The fraction of sp³-hybridized carbons (Fsp3) is 0.455. The number of hydrogen-bond donors (Lipinski definition) is 0. The normalized spacial score (nSPS) is 12.1. The van der Waals surface area contributed by atoms with Gasteiger partial charge in [-0.1, -0.05) is 0 Å². The van der Waals surface area contributed by atoms with Gasteiger partial charge in [-0.3, -0.25) is 9.36 Å². The van der Waals surface area contributed by atoms with Gasteiger partial charge in [0.05, 0.1) is 0 Å². The molecule has 2 heterocycles. The van der Waals surface area contributed by atoms with Gasteiger partial charge in [0.2, 0.25) is 0 Å². The summed E-state index contributed by atoms with van der Waals surface area (Å²) in [5.74, 6) is 0. The molecule has 0 aliphatic heterocycles. The van der Waals surface area contributed by atoms with Crippen molar-refractivity contribution in [3.05, 3.63) is 32.9 Å². The molecule has 0 amide bonds. The average Bonchev–Trinajstić information content (AvgIpc) is 2.83. The van der Waals surface area contributed by atoms with Crippen LogP contribution in [0.2, 0.25) is 0 Å². The van der Waals surface area contributed by atoms with Gasteiger partial charge in [-0.25, -0.2) is 0 Å². The Morgan fingerprint density at radius 2 is 1.89 bits per heavy atom. The minimum absolute atomic E-state index is 0.181. The number of aromatic nitrogens is 4. The lowest BCUT2D eigenvalue weighted by molar-refractivity contribution is -0.142. The molecule has 4 nitrogen and oxygen atoms in total. The van der Waals surface area contributed by atoms with Gasteiger partial charge in [-0.15, -0.1) is 0 Å². The van der Waals surface area contributed by atoms with Crippen LogP contribution in [0.15, 0.2) is 12.4 Å². The standard InChI is InChI=1S/C11H12F3IN4/c1-3-19-6-7(9(16-19)11(12,13)14)4-8-5-18(2)17-10(8)15/h5-6H,3-4H2,1-2H3. The summed E-state index contributed by atoms with van der Waals surface area (Å²) in [6, 6.07) is 0. The van der Waals surface area contributed by atoms with Crippen molar-refractivity contribution in [2.24, 2.45) is 7.05 Å². The minimum atomic E-state index is -4.43. The molecule has 0 unspecified atom stereocenters. The van der Waals surface area contributed by atoms with Gasteiger partial charge in [0.1, 0.15) is 3.70 Å². The third kappa shape index (κ3) is 3.10. The molecule has 2 rings (SSSR count). The molecule has 0 aromatic carbocycles. The van der Waals surface area contributed by atoms with Crippen molar-refractivity contribution in [1.29, 1.82) is 0 Å². The van der Waals surface area contributed by atoms with E-state index in [0.29, 0.717) is 10.2 Å². The van der Waals surface area contributed by atoms with E-state index in [2.05, 4.69) is 10.2 Å². The first kappa shape index (κ1) is 14.4. The lowest BCUT2D eigenvalue weighted by atomic mass is 10.1. The molecule has 0 radical (unpaired) electrons. The molecule has 8 heteroatoms. The average molecular weight is 384 g/mol. The summed E-state index contributed by atoms with van der Waals surface area (Å²) in [6.45, 7) is 2.16. The van der Waals surface area contributed by atoms with Crippen molar-refractivity contribution >= 4 is 22.6 Å². The molecule has 2 aromatic rings. The Labute approximate surface area is 121 Å². The predicted octanol–water partition coefficient (Wildman–Crippen LogP) is 2.85. The largest absolute Gasteiger partial charge is 0.435 e. The molecule has 0 bridgehead atoms. The maximum absolute atomic E-state index is 12.9. The van der Waals surface area contributed by atoms with Crippen LogP contribution in [-0.4, -0.2) is 19.6 Å². The summed E-state index contributed by atoms with van der Waals surface area (Å²) in [6.07, 6.45) is -1.07. The molecular formula is C11H12F3IN4. The highest BCUT2D eigenvalue weighted by atomic mass is 127. The van der Waals surface area contributed by atoms with Gasteiger partial charge in [0.25, 0.3) is 0 Å². The molecule has 0 saturated heterocycles. The van der Waals surface area contributed by atoms with Crippen LogP contribution in [0, 0.1) is 3.70 Å². The summed E-state index contributed by atoms with van der Waals surface area (Å²) >= 11 is 2.02. The van der Waals surface area contributed by atoms with Crippen LogP contribution >= 0.6 is 22.6 Å². The Balaban J connectivity index is 2.39. The van der Waals surface area contributed by atoms with E-state index in [-0.39, 0.29) is 12.0 Å². The quantitative estimate of drug-likeness (QED) is 0.764. The summed E-state index contributed by atoms with van der Waals surface area (Å²) in [5, 5.41) is 7.72. The highest BCUT2D eigenvalue weighted by Crippen LogP contribution is 2.32. The summed E-state index contributed by atoms with van der Waals surface area (Å²) in [5.41, 5.74) is 0.138. The number of alkyl halides is 3. The fourth-order valence-corrected chi connectivity index (χ4v) is 2.50. The minimum Gasteiger partial charge on any atom is -0.274 e. The van der Waals surface area contributed by atoms with Gasteiger partial charge >= 0.3 is 6.18 Å². The zero-order chi connectivity index (χ0) is 14.2. The second-order valence-corrected chi connectivity index (χ2v) is 5.17. The van der Waals surface area contributed by atoms with Gasteiger partial charge in [-0.2, -0.15) is 23.4 Å². The van der Waals surface area contributed by atoms with Crippen molar-refractivity contribution in [2.45, 2.75) is 26.1 Å². The smallest absolute Gasteiger partial charge is 0.274 e. The summed E-state index contributed by atoms with van der Waals surface area (Å²) in [4.78, 5) is 0. The van der Waals surface area contributed by atoms with Crippen LogP contribution in [0.25, 0.3) is 0 Å². The van der Waals surface area contributed by atoms with Crippen molar-refractivity contribution in [3.8, 4) is 0 Å². The first-order valence-corrected chi connectivity index (χ1v) is 6.70. The molecule has 2 aromatic heterocycles. The lowest BCUT2D eigenvalue weighted by Crippen LogP contribution is -2.10. The maximum atomic E-state index is 12.9. The van der Waals surface area contributed by atoms with Gasteiger partial charge < -0.3 is 0 Å². The molecule has 0 fully saturated rings. The number of hydrogen-bond acceptors (Lipinski definition) is 2. The second kappa shape index (κ2) is 5.14. The van der Waals surface area contributed by atoms with Crippen LogP contribution in [0.5, 0.6) is 0 Å². The molecule has 0 N–H and O–H groups in total. The Morgan fingerprint density at radius 3 is 2.37 bits per heavy atom. The first-order chi connectivity index (χ1) is 8.81. The topological polar surface area (TPSA) is 35.6 Å². The Morgan fingerprint density at radius 1 is 1.21 bits per heavy atom. The van der Waals surface area contributed by atoms with Gasteiger partial charge in [-0.05, 0) is 29.5 Å². The van der Waals surface area contributed by atoms with E-state index in [1.54, 1.807) is 24.9 Å². The number of halogens is 4. The maximum Gasteiger partial charge on any atom is 0.435 e. The van der Waals surface area contributed by atoms with Crippen molar-refractivity contribution < 1.29 is 13.2 Å². The van der Waals surface area contributed by atoms with Crippen molar-refractivity contribution in [2.75, 3.05) is 0 Å². The van der Waals surface area contributed by atoms with E-state index < -0.39 is 11.9 Å². The molecule has 0 aliphatic carbocycles. The first-order valence-electron chi connectivity index (χ1n) is 5.62. The van der Waals surface area contributed by atoms with Crippen molar-refractivity contribution in [3.63, 3.8) is 0 Å². The van der Waals surface area contributed by atoms with Crippen LogP contribution in [0.3, 0.4) is 0 Å². The molecule has 104 valence electrons. The Bertz CT molecular complexity index is 585. The third-order valence-corrected chi connectivity index (χ3v) is 3.57. The van der Waals surface area contributed by atoms with Gasteiger partial charge in [0, 0.05) is 43.5 Å². The van der Waals surface area contributed by atoms with Crippen LogP contribution in [0.4, 0.5) is 13.2 Å². The third-order valence-electron chi connectivity index (χ3n) is 2.66. The highest BCUT2D eigenvalue weighted by Gasteiger charge is 2.37. The molecule has 0 aliphatic rings. The van der Waals surface area contributed by atoms with E-state index in [9.17, 15) is 13.2 Å². The van der Waals surface area contributed by atoms with Gasteiger partial charge in [0.15, 0.2) is 5.69 Å². The fourth-order valence-electron chi connectivity index (χ4n) is 1.83. The van der Waals surface area contributed by atoms with E-state index >= 15 is 0 Å². The zero-order valence-electron chi connectivity index (χ0n) is 10.4. The summed E-state index contributed by atoms with van der Waals surface area (Å²) < 4.78 is 42.3. The Hall–Kier alpha value is -1.06. The van der Waals surface area contributed by atoms with E-state index in [1.165, 1.54) is 10.9 Å². The number of nitrogens with zero attached hydrogens (tertiary/aromatic N) is 4. The number of rotatable bonds is 3. The molecule has 0 saturated carbocycles. The molecule has 0 atom stereocenters. The monoisotopic (exact) mass is 384 g/mol. The lowest BCUT2D eigenvalue weighted by Gasteiger charge is -2.05.